The molecule has 0 aromatic heterocycles. The first-order chi connectivity index (χ1) is 4.31. The van der Waals surface area contributed by atoms with Gasteiger partial charge in [-0.2, -0.15) is 0 Å². The second kappa shape index (κ2) is 6.34. The van der Waals surface area contributed by atoms with Gasteiger partial charge in [-0.3, -0.25) is 0 Å². The summed E-state index contributed by atoms with van der Waals surface area (Å²) in [5.74, 6) is 0.824. The van der Waals surface area contributed by atoms with Crippen LogP contribution in [-0.2, 0) is 0 Å². The average Bonchev–Trinajstić information content (AvgIpc) is 1.89. The Hall–Kier alpha value is 0.220. The molecule has 0 aliphatic carbocycles. The molecule has 0 N–H and O–H groups in total. The summed E-state index contributed by atoms with van der Waals surface area (Å²) in [5.41, 5.74) is 0. The number of allylic oxidation sites excluding steroid dienone is 1. The molecule has 1 unspecified atom stereocenters. The van der Waals surface area contributed by atoms with E-state index in [1.165, 1.54) is 12.8 Å². The van der Waals surface area contributed by atoms with Crippen molar-refractivity contribution in [1.29, 1.82) is 0 Å². The van der Waals surface area contributed by atoms with Gasteiger partial charge < -0.3 is 0 Å². The molecular formula is C8H15Br. The summed E-state index contributed by atoms with van der Waals surface area (Å²) in [4.78, 5) is 0. The van der Waals surface area contributed by atoms with E-state index in [4.69, 9.17) is 0 Å². The van der Waals surface area contributed by atoms with Crippen molar-refractivity contribution in [3.63, 3.8) is 0 Å². The summed E-state index contributed by atoms with van der Waals surface area (Å²) in [7, 11) is 0. The van der Waals surface area contributed by atoms with Gasteiger partial charge in [0.05, 0.1) is 0 Å². The topological polar surface area (TPSA) is 0 Å². The van der Waals surface area contributed by atoms with E-state index in [0.717, 1.165) is 17.7 Å². The van der Waals surface area contributed by atoms with Gasteiger partial charge in [-0.05, 0) is 25.2 Å². The minimum Gasteiger partial charge on any atom is -0.103 e. The lowest BCUT2D eigenvalue weighted by Gasteiger charge is -2.03. The second-order valence-electron chi connectivity index (χ2n) is 2.48. The first-order valence-electron chi connectivity index (χ1n) is 3.48. The van der Waals surface area contributed by atoms with Crippen LogP contribution in [0, 0.1) is 5.92 Å². The van der Waals surface area contributed by atoms with Crippen LogP contribution in [0.2, 0.25) is 0 Å². The van der Waals surface area contributed by atoms with E-state index in [1.54, 1.807) is 0 Å². The smallest absolute Gasteiger partial charge is 0.00570 e. The van der Waals surface area contributed by atoms with E-state index in [2.05, 4.69) is 29.4 Å². The zero-order chi connectivity index (χ0) is 7.11. The molecule has 0 bridgehead atoms. The predicted octanol–water partition coefficient (Wildman–Crippen LogP) is 3.37. The third-order valence-corrected chi connectivity index (χ3v) is 2.47. The fraction of sp³-hybridized carbons (Fsp3) is 0.750. The van der Waals surface area contributed by atoms with Crippen molar-refractivity contribution in [2.24, 2.45) is 5.92 Å². The molecule has 0 radical (unpaired) electrons. The summed E-state index contributed by atoms with van der Waals surface area (Å²) in [5, 5.41) is 1.13. The molecule has 0 rings (SSSR count). The fourth-order valence-electron chi connectivity index (χ4n) is 0.688. The molecule has 0 saturated heterocycles. The molecule has 0 nitrogen and oxygen atoms in total. The third kappa shape index (κ3) is 6.10. The molecule has 54 valence electrons. The van der Waals surface area contributed by atoms with Gasteiger partial charge in [-0.25, -0.2) is 0 Å². The minimum absolute atomic E-state index is 0.824. The van der Waals surface area contributed by atoms with Crippen molar-refractivity contribution in [2.45, 2.75) is 26.2 Å². The standard InChI is InChI=1S/C8H15Br/c1-3-4-5-6-8(2)7-9/h3,8H,1,4-7H2,2H3. The van der Waals surface area contributed by atoms with E-state index in [0.29, 0.717) is 0 Å². The Bertz CT molecular complexity index is 69.0. The van der Waals surface area contributed by atoms with Gasteiger partial charge in [-0.15, -0.1) is 6.58 Å². The number of hydrogen-bond acceptors (Lipinski definition) is 0. The molecule has 1 atom stereocenters. The van der Waals surface area contributed by atoms with E-state index in [1.807, 2.05) is 6.08 Å². The summed E-state index contributed by atoms with van der Waals surface area (Å²) in [6, 6.07) is 0. The van der Waals surface area contributed by atoms with E-state index >= 15 is 0 Å². The van der Waals surface area contributed by atoms with Gasteiger partial charge in [0.15, 0.2) is 0 Å². The summed E-state index contributed by atoms with van der Waals surface area (Å²) in [6.45, 7) is 5.93. The van der Waals surface area contributed by atoms with Crippen LogP contribution in [0.3, 0.4) is 0 Å². The molecule has 0 heterocycles. The minimum atomic E-state index is 0.824. The summed E-state index contributed by atoms with van der Waals surface area (Å²) < 4.78 is 0. The lowest BCUT2D eigenvalue weighted by molar-refractivity contribution is 0.571. The van der Waals surface area contributed by atoms with Crippen molar-refractivity contribution in [3.8, 4) is 0 Å². The van der Waals surface area contributed by atoms with Crippen LogP contribution in [0.25, 0.3) is 0 Å². The van der Waals surface area contributed by atoms with E-state index in [9.17, 15) is 0 Å². The van der Waals surface area contributed by atoms with Crippen LogP contribution >= 0.6 is 15.9 Å². The average molecular weight is 191 g/mol. The molecular weight excluding hydrogens is 176 g/mol. The van der Waals surface area contributed by atoms with E-state index in [-0.39, 0.29) is 0 Å². The zero-order valence-corrected chi connectivity index (χ0v) is 7.65. The highest BCUT2D eigenvalue weighted by atomic mass is 79.9. The molecule has 0 aromatic rings. The number of unbranched alkanes of at least 4 members (excludes halogenated alkanes) is 1. The van der Waals surface area contributed by atoms with Gasteiger partial charge in [0.2, 0.25) is 0 Å². The maximum absolute atomic E-state index is 3.67. The third-order valence-electron chi connectivity index (χ3n) is 1.37. The maximum atomic E-state index is 3.67. The lowest BCUT2D eigenvalue weighted by Crippen LogP contribution is -1.93. The van der Waals surface area contributed by atoms with Crippen molar-refractivity contribution < 1.29 is 0 Å². The summed E-state index contributed by atoms with van der Waals surface area (Å²) in [6.07, 6.45) is 5.76. The molecule has 0 aliphatic heterocycles. The normalized spacial score (nSPS) is 13.1. The van der Waals surface area contributed by atoms with Gasteiger partial charge in [0.25, 0.3) is 0 Å². The van der Waals surface area contributed by atoms with Gasteiger partial charge in [0.1, 0.15) is 0 Å². The Morgan fingerprint density at radius 1 is 1.67 bits per heavy atom. The van der Waals surface area contributed by atoms with Gasteiger partial charge in [-0.1, -0.05) is 28.9 Å². The number of hydrogen-bond donors (Lipinski definition) is 0. The van der Waals surface area contributed by atoms with Crippen LogP contribution < -0.4 is 0 Å². The Balaban J connectivity index is 2.96. The molecule has 0 aromatic carbocycles. The molecule has 0 amide bonds. The highest BCUT2D eigenvalue weighted by molar-refractivity contribution is 9.09. The van der Waals surface area contributed by atoms with Crippen LogP contribution in [0.4, 0.5) is 0 Å². The van der Waals surface area contributed by atoms with Crippen LogP contribution in [0.15, 0.2) is 12.7 Å². The van der Waals surface area contributed by atoms with Crippen LogP contribution in [0.1, 0.15) is 26.2 Å². The Labute approximate surface area is 66.5 Å². The second-order valence-corrected chi connectivity index (χ2v) is 3.13. The summed E-state index contributed by atoms with van der Waals surface area (Å²) >= 11 is 3.44. The first-order valence-corrected chi connectivity index (χ1v) is 4.60. The molecule has 0 aliphatic rings. The van der Waals surface area contributed by atoms with E-state index < -0.39 is 0 Å². The molecule has 0 fully saturated rings. The van der Waals surface area contributed by atoms with Gasteiger partial charge >= 0.3 is 0 Å². The van der Waals surface area contributed by atoms with Crippen molar-refractivity contribution >= 4 is 15.9 Å². The predicted molar refractivity (Wildman–Crippen MR) is 47.0 cm³/mol. The molecule has 0 saturated carbocycles. The Morgan fingerprint density at radius 3 is 2.78 bits per heavy atom. The number of rotatable bonds is 5. The maximum Gasteiger partial charge on any atom is 0.00570 e. The highest BCUT2D eigenvalue weighted by Gasteiger charge is 1.96. The fourth-order valence-corrected chi connectivity index (χ4v) is 1.01. The number of alkyl halides is 1. The number of halogens is 1. The molecule has 9 heavy (non-hydrogen) atoms. The van der Waals surface area contributed by atoms with Gasteiger partial charge in [0, 0.05) is 5.33 Å². The van der Waals surface area contributed by atoms with Crippen molar-refractivity contribution in [3.05, 3.63) is 12.7 Å². The molecule has 1 heteroatoms. The first kappa shape index (κ1) is 9.22. The highest BCUT2D eigenvalue weighted by Crippen LogP contribution is 2.09. The lowest BCUT2D eigenvalue weighted by atomic mass is 10.1. The zero-order valence-electron chi connectivity index (χ0n) is 6.07. The van der Waals surface area contributed by atoms with Crippen LogP contribution in [0.5, 0.6) is 0 Å². The largest absolute Gasteiger partial charge is 0.103 e. The Kier molecular flexibility index (Phi) is 6.50. The van der Waals surface area contributed by atoms with Crippen molar-refractivity contribution in [2.75, 3.05) is 5.33 Å². The quantitative estimate of drug-likeness (QED) is 0.355. The SMILES string of the molecule is C=CCCCC(C)CBr. The Morgan fingerprint density at radius 2 is 2.33 bits per heavy atom. The molecule has 0 spiro atoms. The van der Waals surface area contributed by atoms with Crippen molar-refractivity contribution in [1.82, 2.24) is 0 Å². The monoisotopic (exact) mass is 190 g/mol. The van der Waals surface area contributed by atoms with Crippen LogP contribution in [-0.4, -0.2) is 5.33 Å².